The Labute approximate surface area is 127 Å². The molecule has 0 saturated heterocycles. The number of hydrogen-bond donors (Lipinski definition) is 1. The van der Waals surface area contributed by atoms with Gasteiger partial charge in [-0.1, -0.05) is 29.3 Å². The maximum absolute atomic E-state index is 13.3. The average molecular weight is 314 g/mol. The summed E-state index contributed by atoms with van der Waals surface area (Å²) in [6.45, 7) is 2.64. The number of nitrogens with one attached hydrogen (secondary N) is 1. The molecule has 0 saturated carbocycles. The minimum atomic E-state index is -0.314. The van der Waals surface area contributed by atoms with Crippen molar-refractivity contribution in [1.29, 1.82) is 0 Å². The molecule has 0 amide bonds. The van der Waals surface area contributed by atoms with Gasteiger partial charge in [-0.3, -0.25) is 0 Å². The minimum absolute atomic E-state index is 0.314. The largest absolute Gasteiger partial charge is 0.369 e. The summed E-state index contributed by atoms with van der Waals surface area (Å²) in [6.07, 6.45) is 0. The third-order valence-corrected chi connectivity index (χ3v) is 3.33. The molecule has 0 radical (unpaired) electrons. The predicted molar refractivity (Wildman–Crippen MR) is 82.9 cm³/mol. The van der Waals surface area contributed by atoms with Crippen LogP contribution < -0.4 is 10.2 Å². The molecule has 0 unspecified atom stereocenters. The Morgan fingerprint density at radius 3 is 2.65 bits per heavy atom. The average Bonchev–Trinajstić information content (AvgIpc) is 2.41. The second kappa shape index (κ2) is 6.29. The molecule has 1 N–H and O–H groups in total. The molecule has 0 aliphatic carbocycles. The molecule has 0 aliphatic heterocycles. The molecular formula is C14H14Cl2FN3. The third kappa shape index (κ3) is 3.14. The van der Waals surface area contributed by atoms with E-state index in [2.05, 4.69) is 10.3 Å². The van der Waals surface area contributed by atoms with Gasteiger partial charge < -0.3 is 10.2 Å². The first kappa shape index (κ1) is 14.9. The smallest absolute Gasteiger partial charge is 0.154 e. The van der Waals surface area contributed by atoms with Crippen molar-refractivity contribution in [3.05, 3.63) is 46.2 Å². The van der Waals surface area contributed by atoms with Crippen LogP contribution in [-0.4, -0.2) is 18.6 Å². The lowest BCUT2D eigenvalue weighted by molar-refractivity contribution is 0.628. The second-order valence-electron chi connectivity index (χ2n) is 4.19. The number of anilines is 3. The van der Waals surface area contributed by atoms with Crippen LogP contribution in [-0.2, 0) is 0 Å². The standard InChI is InChI=1S/C14H14Cl2FN3/c1-3-18-13-11(15)8-12(16)14(19-13)20(2)10-6-4-5-9(17)7-10/h4-8H,3H2,1-2H3,(H,18,19). The van der Waals surface area contributed by atoms with Crippen molar-refractivity contribution in [2.45, 2.75) is 6.92 Å². The molecule has 1 aromatic heterocycles. The van der Waals surface area contributed by atoms with E-state index in [1.54, 1.807) is 30.1 Å². The van der Waals surface area contributed by atoms with Crippen LogP contribution in [0.3, 0.4) is 0 Å². The number of halogens is 3. The molecule has 0 bridgehead atoms. The highest BCUT2D eigenvalue weighted by molar-refractivity contribution is 6.37. The molecule has 2 aromatic rings. The number of aromatic nitrogens is 1. The zero-order valence-corrected chi connectivity index (χ0v) is 12.6. The molecule has 20 heavy (non-hydrogen) atoms. The van der Waals surface area contributed by atoms with Crippen LogP contribution in [0.4, 0.5) is 21.7 Å². The summed E-state index contributed by atoms with van der Waals surface area (Å²) in [5, 5.41) is 3.92. The highest BCUT2D eigenvalue weighted by atomic mass is 35.5. The summed E-state index contributed by atoms with van der Waals surface area (Å²) in [6, 6.07) is 7.84. The molecule has 0 spiro atoms. The predicted octanol–water partition coefficient (Wildman–Crippen LogP) is 4.73. The van der Waals surface area contributed by atoms with Gasteiger partial charge in [-0.25, -0.2) is 9.37 Å². The van der Waals surface area contributed by atoms with E-state index in [0.29, 0.717) is 33.9 Å². The molecule has 3 nitrogen and oxygen atoms in total. The fourth-order valence-electron chi connectivity index (χ4n) is 1.79. The van der Waals surface area contributed by atoms with Crippen LogP contribution in [0.1, 0.15) is 6.92 Å². The number of benzene rings is 1. The normalized spacial score (nSPS) is 10.4. The van der Waals surface area contributed by atoms with E-state index >= 15 is 0 Å². The van der Waals surface area contributed by atoms with Crippen LogP contribution >= 0.6 is 23.2 Å². The summed E-state index contributed by atoms with van der Waals surface area (Å²) in [5.41, 5.74) is 0.657. The summed E-state index contributed by atoms with van der Waals surface area (Å²) in [7, 11) is 1.77. The number of rotatable bonds is 4. The van der Waals surface area contributed by atoms with E-state index in [0.717, 1.165) is 0 Å². The van der Waals surface area contributed by atoms with Gasteiger partial charge in [0.25, 0.3) is 0 Å². The van der Waals surface area contributed by atoms with Crippen molar-refractivity contribution in [2.75, 3.05) is 23.8 Å². The van der Waals surface area contributed by atoms with E-state index in [4.69, 9.17) is 23.2 Å². The molecule has 0 aliphatic rings. The van der Waals surface area contributed by atoms with Crippen molar-refractivity contribution in [3.63, 3.8) is 0 Å². The molecule has 6 heteroatoms. The molecular weight excluding hydrogens is 300 g/mol. The summed E-state index contributed by atoms with van der Waals surface area (Å²) in [5.74, 6) is 0.751. The van der Waals surface area contributed by atoms with E-state index in [9.17, 15) is 4.39 Å². The Kier molecular flexibility index (Phi) is 4.68. The zero-order chi connectivity index (χ0) is 14.7. The van der Waals surface area contributed by atoms with Crippen LogP contribution in [0.25, 0.3) is 0 Å². The summed E-state index contributed by atoms with van der Waals surface area (Å²) in [4.78, 5) is 6.11. The number of hydrogen-bond acceptors (Lipinski definition) is 3. The van der Waals surface area contributed by atoms with Gasteiger partial charge in [-0.05, 0) is 31.2 Å². The van der Waals surface area contributed by atoms with Crippen LogP contribution in [0.2, 0.25) is 10.0 Å². The van der Waals surface area contributed by atoms with Gasteiger partial charge in [-0.2, -0.15) is 0 Å². The van der Waals surface area contributed by atoms with Crippen molar-refractivity contribution >= 4 is 40.5 Å². The monoisotopic (exact) mass is 313 g/mol. The summed E-state index contributed by atoms with van der Waals surface area (Å²) >= 11 is 12.2. The van der Waals surface area contributed by atoms with Gasteiger partial charge in [0.2, 0.25) is 0 Å². The topological polar surface area (TPSA) is 28.2 Å². The lowest BCUT2D eigenvalue weighted by Crippen LogP contribution is -2.13. The highest BCUT2D eigenvalue weighted by Gasteiger charge is 2.14. The van der Waals surface area contributed by atoms with Gasteiger partial charge in [0.05, 0.1) is 10.0 Å². The van der Waals surface area contributed by atoms with E-state index in [1.807, 2.05) is 6.92 Å². The molecule has 2 rings (SSSR count). The Bertz CT molecular complexity index is 619. The Morgan fingerprint density at radius 2 is 2.00 bits per heavy atom. The Hall–Kier alpha value is -1.52. The third-order valence-electron chi connectivity index (χ3n) is 2.77. The Morgan fingerprint density at radius 1 is 1.25 bits per heavy atom. The van der Waals surface area contributed by atoms with Crippen LogP contribution in [0.5, 0.6) is 0 Å². The second-order valence-corrected chi connectivity index (χ2v) is 5.01. The Balaban J connectivity index is 2.43. The first-order valence-electron chi connectivity index (χ1n) is 6.12. The van der Waals surface area contributed by atoms with Gasteiger partial charge in [0.1, 0.15) is 11.6 Å². The number of pyridine rings is 1. The van der Waals surface area contributed by atoms with Gasteiger partial charge >= 0.3 is 0 Å². The quantitative estimate of drug-likeness (QED) is 0.884. The molecule has 1 heterocycles. The lowest BCUT2D eigenvalue weighted by atomic mass is 10.3. The van der Waals surface area contributed by atoms with Crippen LogP contribution in [0.15, 0.2) is 30.3 Å². The van der Waals surface area contributed by atoms with Gasteiger partial charge in [0, 0.05) is 19.3 Å². The van der Waals surface area contributed by atoms with Crippen molar-refractivity contribution in [2.24, 2.45) is 0 Å². The van der Waals surface area contributed by atoms with Crippen LogP contribution in [0, 0.1) is 5.82 Å². The maximum Gasteiger partial charge on any atom is 0.154 e. The summed E-state index contributed by atoms with van der Waals surface area (Å²) < 4.78 is 13.3. The fourth-order valence-corrected chi connectivity index (χ4v) is 2.34. The highest BCUT2D eigenvalue weighted by Crippen LogP contribution is 2.34. The zero-order valence-electron chi connectivity index (χ0n) is 11.1. The lowest BCUT2D eigenvalue weighted by Gasteiger charge is -2.21. The fraction of sp³-hybridized carbons (Fsp3) is 0.214. The SMILES string of the molecule is CCNc1nc(N(C)c2cccc(F)c2)c(Cl)cc1Cl. The van der Waals surface area contributed by atoms with Crippen molar-refractivity contribution in [1.82, 2.24) is 4.98 Å². The first-order valence-corrected chi connectivity index (χ1v) is 6.87. The molecule has 0 atom stereocenters. The van der Waals surface area contributed by atoms with E-state index in [-0.39, 0.29) is 5.82 Å². The van der Waals surface area contributed by atoms with Gasteiger partial charge in [-0.15, -0.1) is 0 Å². The van der Waals surface area contributed by atoms with E-state index < -0.39 is 0 Å². The van der Waals surface area contributed by atoms with E-state index in [1.165, 1.54) is 12.1 Å². The molecule has 0 fully saturated rings. The molecule has 106 valence electrons. The van der Waals surface area contributed by atoms with Crippen molar-refractivity contribution in [3.8, 4) is 0 Å². The van der Waals surface area contributed by atoms with Crippen molar-refractivity contribution < 1.29 is 4.39 Å². The number of nitrogens with zero attached hydrogens (tertiary/aromatic N) is 2. The molecule has 1 aromatic carbocycles. The minimum Gasteiger partial charge on any atom is -0.369 e. The maximum atomic E-state index is 13.3. The van der Waals surface area contributed by atoms with Gasteiger partial charge in [0.15, 0.2) is 5.82 Å². The first-order chi connectivity index (χ1) is 9.52.